The fraction of sp³-hybridized carbons (Fsp3) is 0.238. The van der Waals surface area contributed by atoms with Gasteiger partial charge in [0.1, 0.15) is 22.1 Å². The van der Waals surface area contributed by atoms with Crippen LogP contribution in [0.3, 0.4) is 0 Å². The summed E-state index contributed by atoms with van der Waals surface area (Å²) in [7, 11) is 3.07. The Labute approximate surface area is 163 Å². The van der Waals surface area contributed by atoms with E-state index in [1.807, 2.05) is 11.4 Å². The van der Waals surface area contributed by atoms with Crippen molar-refractivity contribution in [1.82, 2.24) is 10.3 Å². The Balaban J connectivity index is 1.63. The van der Waals surface area contributed by atoms with Crippen LogP contribution in [0.2, 0.25) is 0 Å². The van der Waals surface area contributed by atoms with E-state index in [9.17, 15) is 4.79 Å². The van der Waals surface area contributed by atoms with Crippen LogP contribution in [-0.2, 0) is 6.42 Å². The van der Waals surface area contributed by atoms with E-state index in [1.54, 1.807) is 29.5 Å². The molecular formula is C21H22N2O3S. The Hall–Kier alpha value is -2.86. The lowest BCUT2D eigenvalue weighted by molar-refractivity contribution is 0.0948. The molecule has 1 amide bonds. The van der Waals surface area contributed by atoms with Crippen molar-refractivity contribution < 1.29 is 14.3 Å². The fourth-order valence-corrected chi connectivity index (χ4v) is 3.65. The van der Waals surface area contributed by atoms with Gasteiger partial charge >= 0.3 is 0 Å². The van der Waals surface area contributed by atoms with E-state index < -0.39 is 0 Å². The minimum atomic E-state index is -0.224. The molecule has 0 aliphatic carbocycles. The first-order valence-electron chi connectivity index (χ1n) is 8.63. The van der Waals surface area contributed by atoms with Crippen molar-refractivity contribution in [2.24, 2.45) is 0 Å². The SMILES string of the molecule is COc1cccc(OC)c1C(=O)NCCc1csc(-c2cccc(C)c2)n1. The summed E-state index contributed by atoms with van der Waals surface area (Å²) in [6.45, 7) is 2.55. The Morgan fingerprint density at radius 3 is 2.48 bits per heavy atom. The summed E-state index contributed by atoms with van der Waals surface area (Å²) in [5, 5.41) is 5.95. The molecule has 5 nitrogen and oxygen atoms in total. The topological polar surface area (TPSA) is 60.5 Å². The third-order valence-corrected chi connectivity index (χ3v) is 5.08. The van der Waals surface area contributed by atoms with Crippen molar-refractivity contribution in [3.63, 3.8) is 0 Å². The van der Waals surface area contributed by atoms with Crippen LogP contribution in [0.15, 0.2) is 47.8 Å². The highest BCUT2D eigenvalue weighted by Gasteiger charge is 2.17. The summed E-state index contributed by atoms with van der Waals surface area (Å²) in [5.41, 5.74) is 3.70. The van der Waals surface area contributed by atoms with E-state index in [-0.39, 0.29) is 5.91 Å². The molecular weight excluding hydrogens is 360 g/mol. The molecule has 3 aromatic rings. The molecule has 0 bridgehead atoms. The number of ether oxygens (including phenoxy) is 2. The number of hydrogen-bond acceptors (Lipinski definition) is 5. The largest absolute Gasteiger partial charge is 0.496 e. The van der Waals surface area contributed by atoms with Gasteiger partial charge in [-0.15, -0.1) is 11.3 Å². The Bertz CT molecular complexity index is 914. The molecule has 3 rings (SSSR count). The molecule has 27 heavy (non-hydrogen) atoms. The Morgan fingerprint density at radius 1 is 1.11 bits per heavy atom. The maximum absolute atomic E-state index is 12.6. The molecule has 0 saturated carbocycles. The summed E-state index contributed by atoms with van der Waals surface area (Å²) >= 11 is 1.61. The zero-order valence-electron chi connectivity index (χ0n) is 15.6. The van der Waals surface area contributed by atoms with Crippen LogP contribution in [0.4, 0.5) is 0 Å². The molecule has 6 heteroatoms. The van der Waals surface area contributed by atoms with Gasteiger partial charge in [-0.3, -0.25) is 4.79 Å². The molecule has 1 aromatic heterocycles. The number of nitrogens with zero attached hydrogens (tertiary/aromatic N) is 1. The maximum Gasteiger partial charge on any atom is 0.258 e. The zero-order chi connectivity index (χ0) is 19.2. The molecule has 0 saturated heterocycles. The van der Waals surface area contributed by atoms with Crippen LogP contribution < -0.4 is 14.8 Å². The van der Waals surface area contributed by atoms with Crippen molar-refractivity contribution in [2.45, 2.75) is 13.3 Å². The number of hydrogen-bond donors (Lipinski definition) is 1. The van der Waals surface area contributed by atoms with E-state index in [2.05, 4.69) is 35.4 Å². The van der Waals surface area contributed by atoms with Gasteiger partial charge in [0.15, 0.2) is 0 Å². The second-order valence-electron chi connectivity index (χ2n) is 6.06. The number of methoxy groups -OCH3 is 2. The van der Waals surface area contributed by atoms with Crippen LogP contribution in [-0.4, -0.2) is 31.7 Å². The van der Waals surface area contributed by atoms with Crippen molar-refractivity contribution >= 4 is 17.2 Å². The van der Waals surface area contributed by atoms with Gasteiger partial charge < -0.3 is 14.8 Å². The first-order valence-corrected chi connectivity index (χ1v) is 9.51. The number of carbonyl (C=O) groups excluding carboxylic acids is 1. The maximum atomic E-state index is 12.6. The Kier molecular flexibility index (Phi) is 6.08. The van der Waals surface area contributed by atoms with Gasteiger partial charge in [-0.05, 0) is 25.1 Å². The standard InChI is InChI=1S/C21H22N2O3S/c1-14-6-4-7-15(12-14)21-23-16(13-27-21)10-11-22-20(24)19-17(25-2)8-5-9-18(19)26-3/h4-9,12-13H,10-11H2,1-3H3,(H,22,24). The molecule has 0 aliphatic heterocycles. The second kappa shape index (κ2) is 8.68. The molecule has 0 unspecified atom stereocenters. The molecule has 0 spiro atoms. The molecule has 0 fully saturated rings. The number of aryl methyl sites for hydroxylation is 1. The van der Waals surface area contributed by atoms with Crippen LogP contribution in [0.1, 0.15) is 21.6 Å². The van der Waals surface area contributed by atoms with Crippen molar-refractivity contribution in [1.29, 1.82) is 0 Å². The number of aromatic nitrogens is 1. The van der Waals surface area contributed by atoms with Gasteiger partial charge in [-0.2, -0.15) is 0 Å². The summed E-state index contributed by atoms with van der Waals surface area (Å²) in [6, 6.07) is 13.6. The van der Waals surface area contributed by atoms with Crippen LogP contribution in [0.5, 0.6) is 11.5 Å². The highest BCUT2D eigenvalue weighted by Crippen LogP contribution is 2.28. The smallest absolute Gasteiger partial charge is 0.258 e. The van der Waals surface area contributed by atoms with Crippen LogP contribution >= 0.6 is 11.3 Å². The molecule has 1 N–H and O–H groups in total. The number of nitrogens with one attached hydrogen (secondary N) is 1. The molecule has 0 aliphatic rings. The molecule has 0 atom stereocenters. The van der Waals surface area contributed by atoms with Crippen LogP contribution in [0.25, 0.3) is 10.6 Å². The minimum Gasteiger partial charge on any atom is -0.496 e. The van der Waals surface area contributed by atoms with Gasteiger partial charge in [0.05, 0.1) is 19.9 Å². The molecule has 1 heterocycles. The highest BCUT2D eigenvalue weighted by atomic mass is 32.1. The van der Waals surface area contributed by atoms with Gasteiger partial charge in [0.25, 0.3) is 5.91 Å². The average molecular weight is 382 g/mol. The number of benzene rings is 2. The number of carbonyl (C=O) groups is 1. The normalized spacial score (nSPS) is 10.5. The van der Waals surface area contributed by atoms with Gasteiger partial charge in [-0.25, -0.2) is 4.98 Å². The third kappa shape index (κ3) is 4.46. The predicted molar refractivity (Wildman–Crippen MR) is 108 cm³/mol. The minimum absolute atomic E-state index is 0.224. The van der Waals surface area contributed by atoms with E-state index in [1.165, 1.54) is 19.8 Å². The van der Waals surface area contributed by atoms with Gasteiger partial charge in [0, 0.05) is 23.9 Å². The summed E-state index contributed by atoms with van der Waals surface area (Å²) < 4.78 is 10.6. The van der Waals surface area contributed by atoms with E-state index in [0.29, 0.717) is 30.0 Å². The first-order chi connectivity index (χ1) is 13.1. The second-order valence-corrected chi connectivity index (χ2v) is 6.92. The quantitative estimate of drug-likeness (QED) is 0.668. The molecule has 140 valence electrons. The van der Waals surface area contributed by atoms with Crippen molar-refractivity contribution in [3.05, 3.63) is 64.7 Å². The fourth-order valence-electron chi connectivity index (χ4n) is 2.80. The lowest BCUT2D eigenvalue weighted by Gasteiger charge is -2.12. The van der Waals surface area contributed by atoms with Crippen molar-refractivity contribution in [3.8, 4) is 22.1 Å². The predicted octanol–water partition coefficient (Wildman–Crippen LogP) is 4.11. The van der Waals surface area contributed by atoms with E-state index in [4.69, 9.17) is 9.47 Å². The lowest BCUT2D eigenvalue weighted by atomic mass is 10.1. The van der Waals surface area contributed by atoms with Gasteiger partial charge in [0.2, 0.25) is 0 Å². The average Bonchev–Trinajstić information content (AvgIpc) is 3.16. The summed E-state index contributed by atoms with van der Waals surface area (Å²) in [5.74, 6) is 0.753. The summed E-state index contributed by atoms with van der Waals surface area (Å²) in [4.78, 5) is 17.2. The van der Waals surface area contributed by atoms with Gasteiger partial charge in [-0.1, -0.05) is 29.8 Å². The number of amides is 1. The van der Waals surface area contributed by atoms with Crippen LogP contribution in [0, 0.1) is 6.92 Å². The summed E-state index contributed by atoms with van der Waals surface area (Å²) in [6.07, 6.45) is 0.658. The monoisotopic (exact) mass is 382 g/mol. The third-order valence-electron chi connectivity index (χ3n) is 4.14. The highest BCUT2D eigenvalue weighted by molar-refractivity contribution is 7.13. The number of rotatable bonds is 7. The van der Waals surface area contributed by atoms with Crippen molar-refractivity contribution in [2.75, 3.05) is 20.8 Å². The molecule has 0 radical (unpaired) electrons. The van der Waals surface area contributed by atoms with E-state index in [0.717, 1.165) is 16.3 Å². The number of thiazole rings is 1. The zero-order valence-corrected chi connectivity index (χ0v) is 16.4. The lowest BCUT2D eigenvalue weighted by Crippen LogP contribution is -2.26. The molecule has 2 aromatic carbocycles. The Morgan fingerprint density at radius 2 is 1.81 bits per heavy atom. The first kappa shape index (κ1) is 18.9. The van der Waals surface area contributed by atoms with E-state index >= 15 is 0 Å².